The van der Waals surface area contributed by atoms with Gasteiger partial charge in [0.25, 0.3) is 0 Å². The van der Waals surface area contributed by atoms with Crippen molar-refractivity contribution in [2.45, 2.75) is 69.9 Å². The summed E-state index contributed by atoms with van der Waals surface area (Å²) in [7, 11) is 0. The Kier molecular flexibility index (Phi) is 3.78. The largest absolute Gasteiger partial charge is 0.313 e. The van der Waals surface area contributed by atoms with Crippen LogP contribution in [0.2, 0.25) is 0 Å². The lowest BCUT2D eigenvalue weighted by atomic mass is 9.53. The van der Waals surface area contributed by atoms with Gasteiger partial charge in [-0.1, -0.05) is 50.1 Å². The lowest BCUT2D eigenvalue weighted by Crippen LogP contribution is -2.68. The summed E-state index contributed by atoms with van der Waals surface area (Å²) in [5.74, 6) is 2.35. The Hall–Kier alpha value is -0.860. The molecule has 0 aromatic heterocycles. The lowest BCUT2D eigenvalue weighted by Gasteiger charge is -2.64. The third-order valence-corrected chi connectivity index (χ3v) is 6.73. The van der Waals surface area contributed by atoms with Gasteiger partial charge in [0.1, 0.15) is 0 Å². The average molecular weight is 299 g/mol. The van der Waals surface area contributed by atoms with E-state index in [0.29, 0.717) is 12.0 Å². The number of hydrogen-bond acceptors (Lipinski definition) is 2. The van der Waals surface area contributed by atoms with E-state index in [1.807, 2.05) is 5.06 Å². The maximum atomic E-state index is 11.0. The first kappa shape index (κ1) is 14.7. The summed E-state index contributed by atoms with van der Waals surface area (Å²) < 4.78 is 0. The van der Waals surface area contributed by atoms with E-state index in [4.69, 9.17) is 0 Å². The molecule has 1 aromatic carbocycles. The zero-order chi connectivity index (χ0) is 15.2. The van der Waals surface area contributed by atoms with E-state index in [1.54, 1.807) is 0 Å². The van der Waals surface area contributed by atoms with Gasteiger partial charge in [-0.25, -0.2) is 0 Å². The van der Waals surface area contributed by atoms with Crippen LogP contribution in [0.15, 0.2) is 30.3 Å². The van der Waals surface area contributed by atoms with Gasteiger partial charge in [0, 0.05) is 11.6 Å². The smallest absolute Gasteiger partial charge is 0.0469 e. The molecule has 5 unspecified atom stereocenters. The van der Waals surface area contributed by atoms with E-state index in [0.717, 1.165) is 18.3 Å². The molecule has 0 radical (unpaired) electrons. The second-order valence-electron chi connectivity index (χ2n) is 8.10. The highest BCUT2D eigenvalue weighted by atomic mass is 16.5. The van der Waals surface area contributed by atoms with Gasteiger partial charge in [-0.15, -0.1) is 0 Å². The minimum atomic E-state index is 0.125. The predicted molar refractivity (Wildman–Crippen MR) is 88.8 cm³/mol. The van der Waals surface area contributed by atoms with Crippen LogP contribution >= 0.6 is 0 Å². The number of piperidine rings is 2. The molecule has 22 heavy (non-hydrogen) atoms. The molecule has 120 valence electrons. The minimum absolute atomic E-state index is 0.125. The Morgan fingerprint density at radius 2 is 2.00 bits per heavy atom. The van der Waals surface area contributed by atoms with Crippen LogP contribution in [0.3, 0.4) is 0 Å². The van der Waals surface area contributed by atoms with Crippen LogP contribution in [0.5, 0.6) is 0 Å². The van der Waals surface area contributed by atoms with Gasteiger partial charge in [0.2, 0.25) is 0 Å². The van der Waals surface area contributed by atoms with Crippen molar-refractivity contribution in [3.05, 3.63) is 35.9 Å². The first-order valence-electron chi connectivity index (χ1n) is 9.24. The summed E-state index contributed by atoms with van der Waals surface area (Å²) in [6.07, 6.45) is 9.94. The molecule has 2 saturated carbocycles. The SMILES string of the molecule is CCCCC12CC3CC(C1)C(Cc1ccccc1)C(C3)N2O. The summed E-state index contributed by atoms with van der Waals surface area (Å²) in [4.78, 5) is 0. The Morgan fingerprint density at radius 3 is 2.77 bits per heavy atom. The quantitative estimate of drug-likeness (QED) is 0.854. The van der Waals surface area contributed by atoms with Gasteiger partial charge in [0.15, 0.2) is 0 Å². The van der Waals surface area contributed by atoms with Crippen molar-refractivity contribution in [3.63, 3.8) is 0 Å². The standard InChI is InChI=1S/C20H29NO/c1-2-3-9-20-13-16-10-17(14-20)18(19(12-16)21(20)22)11-15-7-5-4-6-8-15/h4-8,16-19,22H,2-3,9-14H2,1H3. The molecular formula is C20H29NO. The van der Waals surface area contributed by atoms with Gasteiger partial charge in [0.05, 0.1) is 0 Å². The van der Waals surface area contributed by atoms with E-state index in [1.165, 1.54) is 50.5 Å². The molecule has 2 aliphatic heterocycles. The van der Waals surface area contributed by atoms with Gasteiger partial charge >= 0.3 is 0 Å². The summed E-state index contributed by atoms with van der Waals surface area (Å²) in [6.45, 7) is 2.26. The maximum Gasteiger partial charge on any atom is 0.0469 e. The van der Waals surface area contributed by atoms with Gasteiger partial charge in [-0.05, 0) is 61.8 Å². The van der Waals surface area contributed by atoms with Crippen molar-refractivity contribution in [2.75, 3.05) is 0 Å². The van der Waals surface area contributed by atoms with Crippen molar-refractivity contribution in [3.8, 4) is 0 Å². The van der Waals surface area contributed by atoms with Crippen LogP contribution in [0, 0.1) is 17.8 Å². The number of benzene rings is 1. The van der Waals surface area contributed by atoms with Crippen LogP contribution in [0.4, 0.5) is 0 Å². The van der Waals surface area contributed by atoms with E-state index >= 15 is 0 Å². The Bertz CT molecular complexity index is 516. The monoisotopic (exact) mass is 299 g/mol. The van der Waals surface area contributed by atoms with Crippen molar-refractivity contribution in [1.29, 1.82) is 0 Å². The minimum Gasteiger partial charge on any atom is -0.313 e. The van der Waals surface area contributed by atoms with Crippen LogP contribution in [0.25, 0.3) is 0 Å². The van der Waals surface area contributed by atoms with Crippen LogP contribution in [-0.2, 0) is 6.42 Å². The van der Waals surface area contributed by atoms with Crippen molar-refractivity contribution in [1.82, 2.24) is 5.06 Å². The molecule has 5 rings (SSSR count). The summed E-state index contributed by atoms with van der Waals surface area (Å²) in [5.41, 5.74) is 1.57. The lowest BCUT2D eigenvalue weighted by molar-refractivity contribution is -0.295. The highest BCUT2D eigenvalue weighted by Crippen LogP contribution is 2.58. The molecule has 1 aromatic rings. The third kappa shape index (κ3) is 2.32. The molecule has 2 nitrogen and oxygen atoms in total. The van der Waals surface area contributed by atoms with E-state index in [-0.39, 0.29) is 5.54 Å². The zero-order valence-corrected chi connectivity index (χ0v) is 13.7. The number of unbranched alkanes of at least 4 members (excludes halogenated alkanes) is 1. The van der Waals surface area contributed by atoms with Gasteiger partial charge in [-0.2, -0.15) is 5.06 Å². The molecule has 4 fully saturated rings. The first-order valence-corrected chi connectivity index (χ1v) is 9.24. The summed E-state index contributed by atoms with van der Waals surface area (Å²) >= 11 is 0. The van der Waals surface area contributed by atoms with E-state index in [2.05, 4.69) is 37.3 Å². The molecule has 2 saturated heterocycles. The fourth-order valence-corrected chi connectivity index (χ4v) is 5.87. The highest BCUT2D eigenvalue weighted by molar-refractivity contribution is 5.18. The Morgan fingerprint density at radius 1 is 1.18 bits per heavy atom. The van der Waals surface area contributed by atoms with Gasteiger partial charge < -0.3 is 5.21 Å². The van der Waals surface area contributed by atoms with E-state index < -0.39 is 0 Å². The molecule has 2 aliphatic carbocycles. The fraction of sp³-hybridized carbons (Fsp3) is 0.700. The van der Waals surface area contributed by atoms with Crippen molar-refractivity contribution >= 4 is 0 Å². The maximum absolute atomic E-state index is 11.0. The molecule has 0 spiro atoms. The first-order chi connectivity index (χ1) is 10.7. The number of rotatable bonds is 5. The average Bonchev–Trinajstić information content (AvgIpc) is 2.54. The van der Waals surface area contributed by atoms with Crippen molar-refractivity contribution in [2.24, 2.45) is 17.8 Å². The number of hydroxylamine groups is 2. The van der Waals surface area contributed by atoms with Crippen LogP contribution in [-0.4, -0.2) is 21.9 Å². The zero-order valence-electron chi connectivity index (χ0n) is 13.7. The van der Waals surface area contributed by atoms with Crippen LogP contribution in [0.1, 0.15) is 57.4 Å². The summed E-state index contributed by atoms with van der Waals surface area (Å²) in [5, 5.41) is 12.8. The molecule has 4 bridgehead atoms. The second kappa shape index (κ2) is 5.65. The molecule has 2 heterocycles. The number of hydrogen-bond donors (Lipinski definition) is 1. The highest BCUT2D eigenvalue weighted by Gasteiger charge is 2.58. The molecule has 4 aliphatic rings. The molecular weight excluding hydrogens is 270 g/mol. The predicted octanol–water partition coefficient (Wildman–Crippen LogP) is 4.67. The van der Waals surface area contributed by atoms with Gasteiger partial charge in [-0.3, -0.25) is 0 Å². The third-order valence-electron chi connectivity index (χ3n) is 6.73. The van der Waals surface area contributed by atoms with Crippen molar-refractivity contribution < 1.29 is 5.21 Å². The Labute approximate surface area is 134 Å². The topological polar surface area (TPSA) is 23.5 Å². The summed E-state index contributed by atoms with van der Waals surface area (Å²) in [6, 6.07) is 11.3. The molecule has 1 N–H and O–H groups in total. The Balaban J connectivity index is 1.56. The normalized spacial score (nSPS) is 40.3. The molecule has 0 amide bonds. The molecule has 2 heteroatoms. The van der Waals surface area contributed by atoms with Crippen LogP contribution < -0.4 is 0 Å². The second-order valence-corrected chi connectivity index (χ2v) is 8.10. The van der Waals surface area contributed by atoms with E-state index in [9.17, 15) is 5.21 Å². The fourth-order valence-electron chi connectivity index (χ4n) is 5.87. The number of nitrogens with zero attached hydrogens (tertiary/aromatic N) is 1. The molecule has 5 atom stereocenters.